The second kappa shape index (κ2) is 7.80. The van der Waals surface area contributed by atoms with Crippen molar-refractivity contribution < 1.29 is 14.6 Å². The van der Waals surface area contributed by atoms with E-state index in [2.05, 4.69) is 11.4 Å². The highest BCUT2D eigenvalue weighted by Crippen LogP contribution is 2.43. The minimum Gasteiger partial charge on any atom is -0.497 e. The summed E-state index contributed by atoms with van der Waals surface area (Å²) in [6.07, 6.45) is 4.41. The fraction of sp³-hybridized carbons (Fsp3) is 0.476. The number of thiophene rings is 1. The van der Waals surface area contributed by atoms with Gasteiger partial charge in [-0.15, -0.1) is 11.3 Å². The van der Waals surface area contributed by atoms with Crippen molar-refractivity contribution in [3.63, 3.8) is 0 Å². The predicted octanol–water partition coefficient (Wildman–Crippen LogP) is 3.68. The SMILES string of the molecule is COc1ccc(C[C@](C)(O)CNC(=O)C2(c3cccs3)CCCC2)cc1. The normalized spacial score (nSPS) is 18.3. The van der Waals surface area contributed by atoms with Crippen LogP contribution in [0.2, 0.25) is 0 Å². The fourth-order valence-corrected chi connectivity index (χ4v) is 4.78. The molecule has 2 N–H and O–H groups in total. The first-order valence-electron chi connectivity index (χ1n) is 9.13. The molecule has 1 saturated carbocycles. The van der Waals surface area contributed by atoms with Crippen molar-refractivity contribution in [2.45, 2.75) is 50.0 Å². The number of hydrogen-bond acceptors (Lipinski definition) is 4. The molecule has 1 amide bonds. The van der Waals surface area contributed by atoms with Crippen molar-refractivity contribution >= 4 is 17.2 Å². The molecule has 0 aliphatic heterocycles. The summed E-state index contributed by atoms with van der Waals surface area (Å²) >= 11 is 1.65. The number of ether oxygens (including phenoxy) is 1. The molecule has 1 fully saturated rings. The Bertz CT molecular complexity index is 716. The third-order valence-electron chi connectivity index (χ3n) is 5.26. The zero-order valence-corrected chi connectivity index (χ0v) is 16.3. The number of carbonyl (C=O) groups excluding carboxylic acids is 1. The molecule has 2 aromatic rings. The molecule has 0 spiro atoms. The van der Waals surface area contributed by atoms with E-state index in [1.807, 2.05) is 35.7 Å². The van der Waals surface area contributed by atoms with Crippen LogP contribution in [0.25, 0.3) is 0 Å². The van der Waals surface area contributed by atoms with Crippen LogP contribution in [0.5, 0.6) is 5.75 Å². The quantitative estimate of drug-likeness (QED) is 0.778. The molecule has 1 heterocycles. The molecular weight excluding hydrogens is 346 g/mol. The zero-order valence-electron chi connectivity index (χ0n) is 15.5. The van der Waals surface area contributed by atoms with E-state index >= 15 is 0 Å². The van der Waals surface area contributed by atoms with E-state index in [0.717, 1.165) is 41.9 Å². The van der Waals surface area contributed by atoms with Gasteiger partial charge in [0.05, 0.1) is 18.1 Å². The minimum absolute atomic E-state index is 0.0486. The van der Waals surface area contributed by atoms with E-state index in [0.29, 0.717) is 6.42 Å². The summed E-state index contributed by atoms with van der Waals surface area (Å²) in [4.78, 5) is 14.2. The Morgan fingerprint density at radius 3 is 2.54 bits per heavy atom. The lowest BCUT2D eigenvalue weighted by Gasteiger charge is -2.30. The molecule has 1 atom stereocenters. The molecule has 0 bridgehead atoms. The van der Waals surface area contributed by atoms with E-state index in [1.54, 1.807) is 25.4 Å². The van der Waals surface area contributed by atoms with Gasteiger partial charge in [0.25, 0.3) is 0 Å². The summed E-state index contributed by atoms with van der Waals surface area (Å²) in [5, 5.41) is 15.8. The van der Waals surface area contributed by atoms with Gasteiger partial charge in [0, 0.05) is 17.8 Å². The summed E-state index contributed by atoms with van der Waals surface area (Å²) in [5.41, 5.74) is -0.400. The Morgan fingerprint density at radius 1 is 1.27 bits per heavy atom. The second-order valence-electron chi connectivity index (χ2n) is 7.47. The van der Waals surface area contributed by atoms with Crippen LogP contribution in [0.3, 0.4) is 0 Å². The number of aliphatic hydroxyl groups is 1. The Kier molecular flexibility index (Phi) is 5.68. The van der Waals surface area contributed by atoms with Gasteiger partial charge in [0.2, 0.25) is 5.91 Å². The molecule has 1 aliphatic rings. The molecular formula is C21H27NO3S. The van der Waals surface area contributed by atoms with Crippen molar-refractivity contribution in [3.8, 4) is 5.75 Å². The van der Waals surface area contributed by atoms with Crippen molar-refractivity contribution in [1.82, 2.24) is 5.32 Å². The average molecular weight is 374 g/mol. The Morgan fingerprint density at radius 2 is 1.96 bits per heavy atom. The molecule has 0 unspecified atom stereocenters. The second-order valence-corrected chi connectivity index (χ2v) is 8.42. The monoisotopic (exact) mass is 373 g/mol. The fourth-order valence-electron chi connectivity index (χ4n) is 3.80. The summed E-state index contributed by atoms with van der Waals surface area (Å²) in [6, 6.07) is 11.7. The molecule has 140 valence electrons. The highest BCUT2D eigenvalue weighted by atomic mass is 32.1. The highest BCUT2D eigenvalue weighted by Gasteiger charge is 2.43. The summed E-state index contributed by atoms with van der Waals surface area (Å²) < 4.78 is 5.16. The number of rotatable bonds is 7. The molecule has 26 heavy (non-hydrogen) atoms. The van der Waals surface area contributed by atoms with Gasteiger partial charge in [-0.1, -0.05) is 31.0 Å². The predicted molar refractivity (Wildman–Crippen MR) is 105 cm³/mol. The number of amides is 1. The van der Waals surface area contributed by atoms with E-state index < -0.39 is 11.0 Å². The Labute approximate surface area is 159 Å². The summed E-state index contributed by atoms with van der Waals surface area (Å²) in [6.45, 7) is 2.01. The smallest absolute Gasteiger partial charge is 0.231 e. The van der Waals surface area contributed by atoms with Crippen LogP contribution in [-0.2, 0) is 16.6 Å². The molecule has 4 nitrogen and oxygen atoms in total. The molecule has 5 heteroatoms. The number of benzene rings is 1. The number of carbonyl (C=O) groups is 1. The first-order valence-corrected chi connectivity index (χ1v) is 10.0. The summed E-state index contributed by atoms with van der Waals surface area (Å²) in [5.74, 6) is 0.841. The maximum absolute atomic E-state index is 13.0. The first kappa shape index (κ1) is 18.9. The van der Waals surface area contributed by atoms with Crippen molar-refractivity contribution in [2.75, 3.05) is 13.7 Å². The van der Waals surface area contributed by atoms with Gasteiger partial charge in [-0.05, 0) is 48.9 Å². The lowest BCUT2D eigenvalue weighted by atomic mass is 9.83. The van der Waals surface area contributed by atoms with Gasteiger partial charge in [0.1, 0.15) is 5.75 Å². The van der Waals surface area contributed by atoms with Crippen LogP contribution in [0.1, 0.15) is 43.0 Å². The van der Waals surface area contributed by atoms with Gasteiger partial charge in [-0.25, -0.2) is 0 Å². The van der Waals surface area contributed by atoms with Crippen LogP contribution >= 0.6 is 11.3 Å². The van der Waals surface area contributed by atoms with Crippen LogP contribution in [0.15, 0.2) is 41.8 Å². The van der Waals surface area contributed by atoms with Crippen molar-refractivity contribution in [3.05, 3.63) is 52.2 Å². The molecule has 0 saturated heterocycles. The summed E-state index contributed by atoms with van der Waals surface area (Å²) in [7, 11) is 1.63. The molecule has 0 radical (unpaired) electrons. The van der Waals surface area contributed by atoms with Gasteiger partial charge in [0.15, 0.2) is 0 Å². The lowest BCUT2D eigenvalue weighted by Crippen LogP contribution is -2.48. The Hall–Kier alpha value is -1.85. The molecule has 3 rings (SSSR count). The number of methoxy groups -OCH3 is 1. The standard InChI is InChI=1S/C21H27NO3S/c1-20(24,14-16-7-9-17(25-2)10-8-16)15-22-19(23)21(11-3-4-12-21)18-6-5-13-26-18/h5-10,13,24H,3-4,11-12,14-15H2,1-2H3,(H,22,23)/t20-/m0/s1. The van der Waals surface area contributed by atoms with E-state index in [-0.39, 0.29) is 12.5 Å². The molecule has 1 aliphatic carbocycles. The van der Waals surface area contributed by atoms with Gasteiger partial charge >= 0.3 is 0 Å². The highest BCUT2D eigenvalue weighted by molar-refractivity contribution is 7.10. The minimum atomic E-state index is -1.00. The lowest BCUT2D eigenvalue weighted by molar-refractivity contribution is -0.127. The van der Waals surface area contributed by atoms with Crippen LogP contribution in [0.4, 0.5) is 0 Å². The van der Waals surface area contributed by atoms with Gasteiger partial charge in [-0.3, -0.25) is 4.79 Å². The van der Waals surface area contributed by atoms with E-state index in [1.165, 1.54) is 0 Å². The number of hydrogen-bond donors (Lipinski definition) is 2. The van der Waals surface area contributed by atoms with Gasteiger partial charge in [-0.2, -0.15) is 0 Å². The zero-order chi connectivity index (χ0) is 18.6. The van der Waals surface area contributed by atoms with Crippen molar-refractivity contribution in [1.29, 1.82) is 0 Å². The molecule has 1 aromatic carbocycles. The van der Waals surface area contributed by atoms with E-state index in [4.69, 9.17) is 4.74 Å². The van der Waals surface area contributed by atoms with E-state index in [9.17, 15) is 9.90 Å². The first-order chi connectivity index (χ1) is 12.5. The third-order valence-corrected chi connectivity index (χ3v) is 6.33. The van der Waals surface area contributed by atoms with Crippen molar-refractivity contribution in [2.24, 2.45) is 0 Å². The average Bonchev–Trinajstić information content (AvgIpc) is 3.32. The maximum Gasteiger partial charge on any atom is 0.231 e. The third kappa shape index (κ3) is 4.10. The Balaban J connectivity index is 1.63. The van der Waals surface area contributed by atoms with Crippen LogP contribution < -0.4 is 10.1 Å². The topological polar surface area (TPSA) is 58.6 Å². The van der Waals surface area contributed by atoms with Gasteiger partial charge < -0.3 is 15.2 Å². The van der Waals surface area contributed by atoms with Crippen LogP contribution in [-0.4, -0.2) is 30.3 Å². The maximum atomic E-state index is 13.0. The van der Waals surface area contributed by atoms with Crippen LogP contribution in [0, 0.1) is 0 Å². The molecule has 1 aromatic heterocycles. The number of nitrogens with one attached hydrogen (secondary N) is 1. The largest absolute Gasteiger partial charge is 0.497 e.